The Morgan fingerprint density at radius 3 is 2.47 bits per heavy atom. The van der Waals surface area contributed by atoms with Crippen LogP contribution in [-0.4, -0.2) is 18.3 Å². The Hall–Kier alpha value is -0.960. The number of carbonyl (C=O) groups excluding carboxylic acids is 1. The van der Waals surface area contributed by atoms with E-state index in [4.69, 9.17) is 4.74 Å². The van der Waals surface area contributed by atoms with E-state index in [1.165, 1.54) is 18.2 Å². The summed E-state index contributed by atoms with van der Waals surface area (Å²) >= 11 is 1.60. The van der Waals surface area contributed by atoms with Crippen molar-refractivity contribution >= 4 is 17.7 Å². The molecule has 17 heavy (non-hydrogen) atoms. The number of ether oxygens (including phenoxy) is 1. The summed E-state index contributed by atoms with van der Waals surface area (Å²) in [5, 5.41) is -0.138. The second kappa shape index (κ2) is 6.10. The van der Waals surface area contributed by atoms with Gasteiger partial charge < -0.3 is 4.74 Å². The van der Waals surface area contributed by atoms with Gasteiger partial charge in [0.1, 0.15) is 5.25 Å². The van der Waals surface area contributed by atoms with Crippen molar-refractivity contribution in [3.63, 3.8) is 0 Å². The number of carbonyl (C=O) groups is 1. The fourth-order valence-electron chi connectivity index (χ4n) is 1.54. The summed E-state index contributed by atoms with van der Waals surface area (Å²) in [6, 6.07) is 6.30. The van der Waals surface area contributed by atoms with Gasteiger partial charge in [-0.3, -0.25) is 4.79 Å². The molecule has 1 atom stereocenters. The van der Waals surface area contributed by atoms with Crippen LogP contribution in [0.15, 0.2) is 23.1 Å². The van der Waals surface area contributed by atoms with Crippen molar-refractivity contribution in [3.05, 3.63) is 29.3 Å². The number of hydrogen-bond donors (Lipinski definition) is 0. The smallest absolute Gasteiger partial charge is 0.319 e. The third-order valence-electron chi connectivity index (χ3n) is 2.64. The monoisotopic (exact) mass is 252 g/mol. The first-order valence-electron chi connectivity index (χ1n) is 5.77. The van der Waals surface area contributed by atoms with Gasteiger partial charge in [-0.15, -0.1) is 11.8 Å². The zero-order valence-corrected chi connectivity index (χ0v) is 11.9. The molecule has 1 rings (SSSR count). The third kappa shape index (κ3) is 3.77. The molecule has 0 fully saturated rings. The topological polar surface area (TPSA) is 26.3 Å². The Morgan fingerprint density at radius 1 is 1.29 bits per heavy atom. The van der Waals surface area contributed by atoms with Crippen LogP contribution in [0.25, 0.3) is 0 Å². The molecule has 0 aromatic heterocycles. The molecule has 2 nitrogen and oxygen atoms in total. The van der Waals surface area contributed by atoms with Gasteiger partial charge in [0.2, 0.25) is 0 Å². The lowest BCUT2D eigenvalue weighted by molar-refractivity contribution is -0.140. The molecule has 1 aromatic carbocycles. The van der Waals surface area contributed by atoms with Crippen molar-refractivity contribution in [2.24, 2.45) is 5.92 Å². The van der Waals surface area contributed by atoms with E-state index in [1.54, 1.807) is 11.8 Å². The number of esters is 1. The van der Waals surface area contributed by atoms with Crippen LogP contribution in [0.4, 0.5) is 0 Å². The van der Waals surface area contributed by atoms with Crippen molar-refractivity contribution < 1.29 is 9.53 Å². The number of hydrogen-bond acceptors (Lipinski definition) is 3. The molecule has 0 spiro atoms. The number of benzene rings is 1. The van der Waals surface area contributed by atoms with Gasteiger partial charge >= 0.3 is 5.97 Å². The van der Waals surface area contributed by atoms with Gasteiger partial charge in [0.15, 0.2) is 0 Å². The van der Waals surface area contributed by atoms with Gasteiger partial charge in [-0.25, -0.2) is 0 Å². The molecular weight excluding hydrogens is 232 g/mol. The molecule has 0 heterocycles. The zero-order valence-electron chi connectivity index (χ0n) is 11.1. The molecule has 94 valence electrons. The van der Waals surface area contributed by atoms with Gasteiger partial charge in [-0.2, -0.15) is 0 Å². The molecule has 0 saturated carbocycles. The van der Waals surface area contributed by atoms with Gasteiger partial charge in [0, 0.05) is 4.90 Å². The normalized spacial score (nSPS) is 12.6. The van der Waals surface area contributed by atoms with Crippen LogP contribution in [-0.2, 0) is 9.53 Å². The first kappa shape index (κ1) is 14.1. The van der Waals surface area contributed by atoms with Crippen LogP contribution >= 0.6 is 11.8 Å². The fourth-order valence-corrected chi connectivity index (χ4v) is 2.79. The Labute approximate surface area is 108 Å². The minimum Gasteiger partial charge on any atom is -0.468 e. The summed E-state index contributed by atoms with van der Waals surface area (Å²) in [7, 11) is 1.45. The molecule has 1 aromatic rings. The Morgan fingerprint density at radius 2 is 1.94 bits per heavy atom. The number of thioether (sulfide) groups is 1. The molecule has 3 heteroatoms. The highest BCUT2D eigenvalue weighted by Crippen LogP contribution is 2.31. The highest BCUT2D eigenvalue weighted by molar-refractivity contribution is 8.00. The van der Waals surface area contributed by atoms with Crippen molar-refractivity contribution in [1.29, 1.82) is 0 Å². The lowest BCUT2D eigenvalue weighted by Crippen LogP contribution is -2.24. The average Bonchev–Trinajstić information content (AvgIpc) is 2.28. The Bertz CT molecular complexity index is 399. The fraction of sp³-hybridized carbons (Fsp3) is 0.500. The third-order valence-corrected chi connectivity index (χ3v) is 4.32. The van der Waals surface area contributed by atoms with Crippen LogP contribution in [0.1, 0.15) is 25.0 Å². The van der Waals surface area contributed by atoms with E-state index in [1.807, 2.05) is 13.8 Å². The molecule has 0 amide bonds. The van der Waals surface area contributed by atoms with Gasteiger partial charge in [0.05, 0.1) is 7.11 Å². The second-order valence-electron chi connectivity index (χ2n) is 4.57. The van der Waals surface area contributed by atoms with Crippen LogP contribution in [0, 0.1) is 19.8 Å². The summed E-state index contributed by atoms with van der Waals surface area (Å²) in [4.78, 5) is 12.9. The highest BCUT2D eigenvalue weighted by atomic mass is 32.2. The van der Waals surface area contributed by atoms with Crippen LogP contribution in [0.2, 0.25) is 0 Å². The predicted molar refractivity (Wildman–Crippen MR) is 72.4 cm³/mol. The van der Waals surface area contributed by atoms with Gasteiger partial charge in [0.25, 0.3) is 0 Å². The Balaban J connectivity index is 2.93. The van der Waals surface area contributed by atoms with E-state index in [9.17, 15) is 4.79 Å². The summed E-state index contributed by atoms with van der Waals surface area (Å²) in [5.41, 5.74) is 2.42. The van der Waals surface area contributed by atoms with Crippen LogP contribution < -0.4 is 0 Å². The van der Waals surface area contributed by atoms with E-state index >= 15 is 0 Å². The van der Waals surface area contributed by atoms with Crippen molar-refractivity contribution in [1.82, 2.24) is 0 Å². The molecule has 0 radical (unpaired) electrons. The molecule has 0 bridgehead atoms. The number of aryl methyl sites for hydroxylation is 2. The SMILES string of the molecule is COC(=O)C(Sc1cc(C)ccc1C)C(C)C. The molecule has 0 N–H and O–H groups in total. The number of methoxy groups -OCH3 is 1. The minimum absolute atomic E-state index is 0.138. The quantitative estimate of drug-likeness (QED) is 0.605. The maximum absolute atomic E-state index is 11.7. The van der Waals surface area contributed by atoms with Crippen molar-refractivity contribution in [3.8, 4) is 0 Å². The minimum atomic E-state index is -0.147. The molecule has 0 aliphatic carbocycles. The first-order valence-corrected chi connectivity index (χ1v) is 6.65. The van der Waals surface area contributed by atoms with Gasteiger partial charge in [-0.05, 0) is 31.4 Å². The lowest BCUT2D eigenvalue weighted by atomic mass is 10.1. The van der Waals surface area contributed by atoms with E-state index in [-0.39, 0.29) is 17.1 Å². The number of rotatable bonds is 4. The molecule has 0 saturated heterocycles. The van der Waals surface area contributed by atoms with Crippen molar-refractivity contribution in [2.45, 2.75) is 37.8 Å². The predicted octanol–water partition coefficient (Wildman–Crippen LogP) is 3.59. The second-order valence-corrected chi connectivity index (χ2v) is 5.76. The van der Waals surface area contributed by atoms with Crippen molar-refractivity contribution in [2.75, 3.05) is 7.11 Å². The van der Waals surface area contributed by atoms with E-state index in [2.05, 4.69) is 32.0 Å². The van der Waals surface area contributed by atoms with E-state index < -0.39 is 0 Å². The van der Waals surface area contributed by atoms with E-state index in [0.717, 1.165) is 4.90 Å². The van der Waals surface area contributed by atoms with Crippen LogP contribution in [0.5, 0.6) is 0 Å². The van der Waals surface area contributed by atoms with Crippen LogP contribution in [0.3, 0.4) is 0 Å². The van der Waals surface area contributed by atoms with Gasteiger partial charge in [-0.1, -0.05) is 31.5 Å². The maximum Gasteiger partial charge on any atom is 0.319 e. The summed E-state index contributed by atoms with van der Waals surface area (Å²) in [6.07, 6.45) is 0. The van der Waals surface area contributed by atoms with E-state index in [0.29, 0.717) is 0 Å². The molecule has 0 aliphatic rings. The molecule has 0 aliphatic heterocycles. The summed E-state index contributed by atoms with van der Waals surface area (Å²) in [6.45, 7) is 8.21. The standard InChI is InChI=1S/C14H20O2S/c1-9(2)13(14(15)16-5)17-12-8-10(3)6-7-11(12)4/h6-9,13H,1-5H3. The summed E-state index contributed by atoms with van der Waals surface area (Å²) in [5.74, 6) is 0.110. The largest absolute Gasteiger partial charge is 0.468 e. The zero-order chi connectivity index (χ0) is 13.0. The summed E-state index contributed by atoms with van der Waals surface area (Å²) < 4.78 is 4.86. The highest BCUT2D eigenvalue weighted by Gasteiger charge is 2.24. The molecule has 1 unspecified atom stereocenters. The maximum atomic E-state index is 11.7. The lowest BCUT2D eigenvalue weighted by Gasteiger charge is -2.19. The first-order chi connectivity index (χ1) is 7.95. The average molecular weight is 252 g/mol. The molecular formula is C14H20O2S. The Kier molecular flexibility index (Phi) is 5.06.